The van der Waals surface area contributed by atoms with Crippen molar-refractivity contribution in [2.24, 2.45) is 7.05 Å². The Labute approximate surface area is 136 Å². The molecule has 23 heavy (non-hydrogen) atoms. The normalized spacial score (nSPS) is 11.5. The van der Waals surface area contributed by atoms with Crippen LogP contribution >= 0.6 is 0 Å². The Morgan fingerprint density at radius 2 is 2.04 bits per heavy atom. The Bertz CT molecular complexity index is 682. The van der Waals surface area contributed by atoms with Crippen molar-refractivity contribution in [3.8, 4) is 6.07 Å². The van der Waals surface area contributed by atoms with E-state index in [-0.39, 0.29) is 12.1 Å². The van der Waals surface area contributed by atoms with Crippen LogP contribution in [0.3, 0.4) is 0 Å². The molecule has 0 spiro atoms. The number of aryl methyl sites for hydroxylation is 2. The van der Waals surface area contributed by atoms with Crippen molar-refractivity contribution >= 4 is 11.7 Å². The number of aromatic nitrogens is 1. The van der Waals surface area contributed by atoms with Crippen molar-refractivity contribution in [3.05, 3.63) is 53.9 Å². The van der Waals surface area contributed by atoms with E-state index in [1.165, 1.54) is 5.69 Å². The number of hydrogen-bond acceptors (Lipinski definition) is 2. The minimum Gasteiger partial charge on any atom is -0.354 e. The highest BCUT2D eigenvalue weighted by molar-refractivity contribution is 5.89. The predicted octanol–water partition coefficient (Wildman–Crippen LogP) is 3.23. The summed E-state index contributed by atoms with van der Waals surface area (Å²) in [6.07, 6.45) is 4.21. The molecule has 0 radical (unpaired) electrons. The van der Waals surface area contributed by atoms with Crippen molar-refractivity contribution in [2.75, 3.05) is 5.32 Å². The van der Waals surface area contributed by atoms with Gasteiger partial charge in [-0.25, -0.2) is 4.79 Å². The number of urea groups is 1. The fourth-order valence-corrected chi connectivity index (χ4v) is 2.38. The summed E-state index contributed by atoms with van der Waals surface area (Å²) in [5, 5.41) is 14.4. The van der Waals surface area contributed by atoms with Gasteiger partial charge in [0.1, 0.15) is 0 Å². The lowest BCUT2D eigenvalue weighted by molar-refractivity contribution is 0.248. The van der Waals surface area contributed by atoms with Gasteiger partial charge in [0.2, 0.25) is 0 Å². The zero-order valence-corrected chi connectivity index (χ0v) is 13.5. The molecule has 2 amide bonds. The summed E-state index contributed by atoms with van der Waals surface area (Å²) >= 11 is 0. The zero-order chi connectivity index (χ0) is 16.7. The molecule has 2 aromatic rings. The van der Waals surface area contributed by atoms with Crippen LogP contribution in [0.1, 0.15) is 24.6 Å². The second kappa shape index (κ2) is 8.04. The summed E-state index contributed by atoms with van der Waals surface area (Å²) in [6.45, 7) is 2.00. The summed E-state index contributed by atoms with van der Waals surface area (Å²) in [5.74, 6) is 0. The van der Waals surface area contributed by atoms with Crippen LogP contribution in [0.5, 0.6) is 0 Å². The summed E-state index contributed by atoms with van der Waals surface area (Å²) in [5.41, 5.74) is 2.92. The first-order chi connectivity index (χ1) is 11.1. The van der Waals surface area contributed by atoms with E-state index in [4.69, 9.17) is 5.26 Å². The van der Waals surface area contributed by atoms with E-state index in [0.717, 1.165) is 24.1 Å². The highest BCUT2D eigenvalue weighted by atomic mass is 16.2. The lowest BCUT2D eigenvalue weighted by atomic mass is 10.1. The van der Waals surface area contributed by atoms with Crippen LogP contribution < -0.4 is 10.6 Å². The molecule has 2 rings (SSSR count). The Morgan fingerprint density at radius 3 is 2.65 bits per heavy atom. The number of carbonyl (C=O) groups is 1. The highest BCUT2D eigenvalue weighted by Crippen LogP contribution is 2.10. The number of carbonyl (C=O) groups excluding carboxylic acids is 1. The molecule has 5 nitrogen and oxygen atoms in total. The summed E-state index contributed by atoms with van der Waals surface area (Å²) in [4.78, 5) is 12.0. The number of benzene rings is 1. The zero-order valence-electron chi connectivity index (χ0n) is 13.5. The molecule has 120 valence electrons. The number of amides is 2. The predicted molar refractivity (Wildman–Crippen MR) is 91.1 cm³/mol. The van der Waals surface area contributed by atoms with Crippen LogP contribution in [0.25, 0.3) is 0 Å². The van der Waals surface area contributed by atoms with E-state index in [9.17, 15) is 4.79 Å². The van der Waals surface area contributed by atoms with Gasteiger partial charge < -0.3 is 15.2 Å². The third-order valence-corrected chi connectivity index (χ3v) is 3.76. The molecule has 2 N–H and O–H groups in total. The van der Waals surface area contributed by atoms with Gasteiger partial charge >= 0.3 is 6.03 Å². The van der Waals surface area contributed by atoms with Crippen molar-refractivity contribution in [3.63, 3.8) is 0 Å². The van der Waals surface area contributed by atoms with E-state index in [1.54, 1.807) is 12.1 Å². The van der Waals surface area contributed by atoms with Crippen LogP contribution in [0.2, 0.25) is 0 Å². The number of hydrogen-bond donors (Lipinski definition) is 2. The Morgan fingerprint density at radius 1 is 1.30 bits per heavy atom. The van der Waals surface area contributed by atoms with Crippen molar-refractivity contribution in [2.45, 2.75) is 32.2 Å². The standard InChI is InChI=1S/C18H22N4O/c1-14(5-10-17-4-3-13-22(17)2)20-18(23)21-16-8-6-15(7-9-16)11-12-19/h3-4,6-9,13-14H,5,10-11H2,1-2H3,(H2,20,21,23)/t14-/m1/s1. The van der Waals surface area contributed by atoms with Gasteiger partial charge in [-0.05, 0) is 49.6 Å². The van der Waals surface area contributed by atoms with Crippen LogP contribution in [0.15, 0.2) is 42.6 Å². The molecular formula is C18H22N4O. The van der Waals surface area contributed by atoms with E-state index in [0.29, 0.717) is 6.42 Å². The fraction of sp³-hybridized carbons (Fsp3) is 0.333. The molecule has 0 aliphatic carbocycles. The van der Waals surface area contributed by atoms with Crippen LogP contribution in [0, 0.1) is 11.3 Å². The average Bonchev–Trinajstić information content (AvgIpc) is 2.92. The van der Waals surface area contributed by atoms with E-state index < -0.39 is 0 Å². The van der Waals surface area contributed by atoms with Crippen LogP contribution in [0.4, 0.5) is 10.5 Å². The summed E-state index contributed by atoms with van der Waals surface area (Å²) in [7, 11) is 2.02. The molecule has 1 atom stereocenters. The maximum atomic E-state index is 12.0. The molecule has 5 heteroatoms. The van der Waals surface area contributed by atoms with E-state index >= 15 is 0 Å². The lowest BCUT2D eigenvalue weighted by Crippen LogP contribution is -2.36. The first-order valence-corrected chi connectivity index (χ1v) is 7.72. The number of anilines is 1. The number of nitriles is 1. The fourth-order valence-electron chi connectivity index (χ4n) is 2.38. The van der Waals surface area contributed by atoms with Gasteiger partial charge in [-0.3, -0.25) is 0 Å². The molecule has 1 aromatic heterocycles. The van der Waals surface area contributed by atoms with Crippen molar-refractivity contribution in [1.29, 1.82) is 5.26 Å². The molecule has 1 heterocycles. The summed E-state index contributed by atoms with van der Waals surface area (Å²) in [6, 6.07) is 13.4. The average molecular weight is 310 g/mol. The smallest absolute Gasteiger partial charge is 0.319 e. The van der Waals surface area contributed by atoms with Gasteiger partial charge in [0, 0.05) is 30.7 Å². The van der Waals surface area contributed by atoms with Crippen molar-refractivity contribution < 1.29 is 4.79 Å². The van der Waals surface area contributed by atoms with E-state index in [2.05, 4.69) is 27.3 Å². The highest BCUT2D eigenvalue weighted by Gasteiger charge is 2.08. The maximum absolute atomic E-state index is 12.0. The van der Waals surface area contributed by atoms with Crippen LogP contribution in [-0.4, -0.2) is 16.6 Å². The molecule has 0 fully saturated rings. The number of nitrogens with one attached hydrogen (secondary N) is 2. The third kappa shape index (κ3) is 5.19. The van der Waals surface area contributed by atoms with E-state index in [1.807, 2.05) is 38.4 Å². The van der Waals surface area contributed by atoms with Gasteiger partial charge in [-0.1, -0.05) is 12.1 Å². The summed E-state index contributed by atoms with van der Waals surface area (Å²) < 4.78 is 2.09. The Hall–Kier alpha value is -2.74. The quantitative estimate of drug-likeness (QED) is 0.860. The van der Waals surface area contributed by atoms with Gasteiger partial charge in [0.15, 0.2) is 0 Å². The first kappa shape index (κ1) is 16.6. The maximum Gasteiger partial charge on any atom is 0.319 e. The second-order valence-corrected chi connectivity index (χ2v) is 5.68. The minimum atomic E-state index is -0.211. The largest absolute Gasteiger partial charge is 0.354 e. The second-order valence-electron chi connectivity index (χ2n) is 5.68. The SMILES string of the molecule is C[C@H](CCc1cccn1C)NC(=O)Nc1ccc(CC#N)cc1. The number of rotatable bonds is 6. The molecule has 0 saturated heterocycles. The minimum absolute atomic E-state index is 0.0859. The van der Waals surface area contributed by atoms with Crippen molar-refractivity contribution in [1.82, 2.24) is 9.88 Å². The topological polar surface area (TPSA) is 69.8 Å². The van der Waals surface area contributed by atoms with Gasteiger partial charge in [0.25, 0.3) is 0 Å². The third-order valence-electron chi connectivity index (χ3n) is 3.76. The molecule has 0 aliphatic heterocycles. The first-order valence-electron chi connectivity index (χ1n) is 7.72. The molecule has 0 saturated carbocycles. The molecule has 0 bridgehead atoms. The lowest BCUT2D eigenvalue weighted by Gasteiger charge is -2.15. The van der Waals surface area contributed by atoms with Gasteiger partial charge in [-0.15, -0.1) is 0 Å². The number of nitrogens with zero attached hydrogens (tertiary/aromatic N) is 2. The Balaban J connectivity index is 1.77. The molecular weight excluding hydrogens is 288 g/mol. The monoisotopic (exact) mass is 310 g/mol. The molecule has 0 aliphatic rings. The van der Waals surface area contributed by atoms with Gasteiger partial charge in [0.05, 0.1) is 12.5 Å². The van der Waals surface area contributed by atoms with Gasteiger partial charge in [-0.2, -0.15) is 5.26 Å². The molecule has 1 aromatic carbocycles. The van der Waals surface area contributed by atoms with Crippen LogP contribution in [-0.2, 0) is 19.9 Å². The molecule has 0 unspecified atom stereocenters. The Kier molecular flexibility index (Phi) is 5.81.